The summed E-state index contributed by atoms with van der Waals surface area (Å²) in [5.74, 6) is -2.33. The molecule has 0 aromatic heterocycles. The predicted molar refractivity (Wildman–Crippen MR) is 62.3 cm³/mol. The van der Waals surface area contributed by atoms with E-state index in [0.29, 0.717) is 12.1 Å². The second kappa shape index (κ2) is 4.99. The summed E-state index contributed by atoms with van der Waals surface area (Å²) in [5.41, 5.74) is 4.16. The summed E-state index contributed by atoms with van der Waals surface area (Å²) in [5, 5.41) is 0. The van der Waals surface area contributed by atoms with Gasteiger partial charge in [0.25, 0.3) is 0 Å². The van der Waals surface area contributed by atoms with Crippen molar-refractivity contribution in [3.63, 3.8) is 0 Å². The van der Waals surface area contributed by atoms with Crippen LogP contribution >= 0.6 is 0 Å². The zero-order valence-electron chi connectivity index (χ0n) is 9.84. The lowest BCUT2D eigenvalue weighted by Crippen LogP contribution is -2.06. The lowest BCUT2D eigenvalue weighted by Gasteiger charge is -2.11. The first-order valence-electron chi connectivity index (χ1n) is 5.36. The third-order valence-electron chi connectivity index (χ3n) is 2.33. The van der Waals surface area contributed by atoms with Crippen LogP contribution in [0, 0.1) is 11.6 Å². The Balaban J connectivity index is 2.36. The van der Waals surface area contributed by atoms with Gasteiger partial charge in [0.1, 0.15) is 23.1 Å². The number of nitrogens with two attached hydrogens (primary N) is 1. The van der Waals surface area contributed by atoms with E-state index in [1.165, 1.54) is 0 Å². The number of hydrogen-bond acceptors (Lipinski definition) is 2. The first kappa shape index (κ1) is 14.1. The van der Waals surface area contributed by atoms with Crippen molar-refractivity contribution in [2.75, 3.05) is 5.73 Å². The predicted octanol–water partition coefficient (Wildman–Crippen LogP) is 4.36. The van der Waals surface area contributed by atoms with Gasteiger partial charge in [-0.1, -0.05) is 0 Å². The van der Waals surface area contributed by atoms with Crippen molar-refractivity contribution in [3.8, 4) is 11.5 Å². The lowest BCUT2D eigenvalue weighted by atomic mass is 10.2. The minimum absolute atomic E-state index is 0.174. The molecule has 2 aromatic carbocycles. The summed E-state index contributed by atoms with van der Waals surface area (Å²) in [7, 11) is 0. The minimum atomic E-state index is -4.60. The lowest BCUT2D eigenvalue weighted by molar-refractivity contribution is -0.137. The highest BCUT2D eigenvalue weighted by atomic mass is 19.4. The van der Waals surface area contributed by atoms with Gasteiger partial charge in [0.05, 0.1) is 5.56 Å². The van der Waals surface area contributed by atoms with Crippen LogP contribution in [0.25, 0.3) is 0 Å². The largest absolute Gasteiger partial charge is 0.457 e. The van der Waals surface area contributed by atoms with Crippen LogP contribution in [0.2, 0.25) is 0 Å². The topological polar surface area (TPSA) is 35.2 Å². The summed E-state index contributed by atoms with van der Waals surface area (Å²) in [6.07, 6.45) is -4.60. The van der Waals surface area contributed by atoms with E-state index >= 15 is 0 Å². The smallest absolute Gasteiger partial charge is 0.416 e. The summed E-state index contributed by atoms with van der Waals surface area (Å²) in [4.78, 5) is 0. The van der Waals surface area contributed by atoms with Gasteiger partial charge in [0, 0.05) is 30.0 Å². The fraction of sp³-hybridized carbons (Fsp3) is 0.0769. The molecule has 2 N–H and O–H groups in total. The molecule has 0 atom stereocenters. The zero-order valence-corrected chi connectivity index (χ0v) is 9.84. The normalized spacial score (nSPS) is 11.4. The maximum absolute atomic E-state index is 13.0. The molecule has 0 spiro atoms. The van der Waals surface area contributed by atoms with Crippen molar-refractivity contribution in [3.05, 3.63) is 53.6 Å². The number of ether oxygens (including phenoxy) is 1. The molecular formula is C13H8F5NO. The van der Waals surface area contributed by atoms with E-state index in [-0.39, 0.29) is 17.2 Å². The molecule has 0 radical (unpaired) electrons. The number of hydrogen-bond donors (Lipinski definition) is 1. The van der Waals surface area contributed by atoms with Gasteiger partial charge in [-0.15, -0.1) is 0 Å². The fourth-order valence-electron chi connectivity index (χ4n) is 1.57. The monoisotopic (exact) mass is 289 g/mol. The van der Waals surface area contributed by atoms with Gasteiger partial charge in [0.2, 0.25) is 0 Å². The van der Waals surface area contributed by atoms with Crippen LogP contribution in [0.15, 0.2) is 36.4 Å². The Labute approximate surface area is 110 Å². The van der Waals surface area contributed by atoms with Gasteiger partial charge in [-0.3, -0.25) is 0 Å². The van der Waals surface area contributed by atoms with E-state index in [9.17, 15) is 22.0 Å². The molecule has 106 valence electrons. The number of halogens is 5. The molecule has 0 aliphatic carbocycles. The Hall–Kier alpha value is -2.31. The van der Waals surface area contributed by atoms with Crippen LogP contribution in [0.1, 0.15) is 5.56 Å². The average molecular weight is 289 g/mol. The molecule has 0 amide bonds. The van der Waals surface area contributed by atoms with Gasteiger partial charge in [0.15, 0.2) is 0 Å². The zero-order chi connectivity index (χ0) is 14.9. The third kappa shape index (κ3) is 3.37. The van der Waals surface area contributed by atoms with Crippen molar-refractivity contribution < 1.29 is 26.7 Å². The second-order valence-electron chi connectivity index (χ2n) is 4.00. The molecule has 20 heavy (non-hydrogen) atoms. The van der Waals surface area contributed by atoms with Gasteiger partial charge in [-0.2, -0.15) is 13.2 Å². The molecule has 0 fully saturated rings. The van der Waals surface area contributed by atoms with Crippen molar-refractivity contribution in [2.45, 2.75) is 6.18 Å². The van der Waals surface area contributed by atoms with Crippen LogP contribution < -0.4 is 10.5 Å². The molecule has 0 aliphatic rings. The van der Waals surface area contributed by atoms with E-state index in [4.69, 9.17) is 10.5 Å². The van der Waals surface area contributed by atoms with Crippen LogP contribution in [0.4, 0.5) is 27.6 Å². The number of rotatable bonds is 2. The molecule has 0 unspecified atom stereocenters. The number of nitrogen functional groups attached to an aromatic ring is 1. The molecule has 0 heterocycles. The summed E-state index contributed by atoms with van der Waals surface area (Å²) in [6, 6.07) is 4.86. The van der Waals surface area contributed by atoms with Gasteiger partial charge < -0.3 is 10.5 Å². The molecule has 0 aliphatic heterocycles. The number of anilines is 1. The van der Waals surface area contributed by atoms with Gasteiger partial charge in [-0.25, -0.2) is 8.78 Å². The Bertz CT molecular complexity index is 619. The van der Waals surface area contributed by atoms with Crippen LogP contribution in [-0.4, -0.2) is 0 Å². The molecule has 7 heteroatoms. The van der Waals surface area contributed by atoms with E-state index in [2.05, 4.69) is 0 Å². The van der Waals surface area contributed by atoms with Gasteiger partial charge in [-0.05, 0) is 12.1 Å². The third-order valence-corrected chi connectivity index (χ3v) is 2.33. The standard InChI is InChI=1S/C13H8F5NO/c14-8-3-9(15)5-12(4-8)20-11-2-7(13(16,17)18)1-10(19)6-11/h1-6H,19H2. The minimum Gasteiger partial charge on any atom is -0.457 e. The molecule has 0 saturated carbocycles. The van der Waals surface area contributed by atoms with E-state index in [1.54, 1.807) is 0 Å². The molecule has 2 aromatic rings. The number of alkyl halides is 3. The fourth-order valence-corrected chi connectivity index (χ4v) is 1.57. The SMILES string of the molecule is Nc1cc(Oc2cc(F)cc(F)c2)cc(C(F)(F)F)c1. The Morgan fingerprint density at radius 1 is 0.800 bits per heavy atom. The van der Waals surface area contributed by atoms with Crippen LogP contribution in [0.5, 0.6) is 11.5 Å². The maximum atomic E-state index is 13.0. The van der Waals surface area contributed by atoms with Gasteiger partial charge >= 0.3 is 6.18 Å². The first-order chi connectivity index (χ1) is 9.24. The van der Waals surface area contributed by atoms with Crippen molar-refractivity contribution in [1.29, 1.82) is 0 Å². The van der Waals surface area contributed by atoms with Crippen molar-refractivity contribution in [1.82, 2.24) is 0 Å². The highest BCUT2D eigenvalue weighted by Gasteiger charge is 2.31. The van der Waals surface area contributed by atoms with Crippen molar-refractivity contribution >= 4 is 5.69 Å². The average Bonchev–Trinajstić information content (AvgIpc) is 2.25. The van der Waals surface area contributed by atoms with E-state index < -0.39 is 23.4 Å². The van der Waals surface area contributed by atoms with E-state index in [0.717, 1.165) is 24.3 Å². The van der Waals surface area contributed by atoms with E-state index in [1.807, 2.05) is 0 Å². The Kier molecular flexibility index (Phi) is 3.52. The maximum Gasteiger partial charge on any atom is 0.416 e. The Morgan fingerprint density at radius 3 is 1.90 bits per heavy atom. The Morgan fingerprint density at radius 2 is 1.35 bits per heavy atom. The molecule has 0 bridgehead atoms. The molecule has 0 saturated heterocycles. The summed E-state index contributed by atoms with van der Waals surface area (Å²) < 4.78 is 68.7. The number of benzene rings is 2. The van der Waals surface area contributed by atoms with Crippen molar-refractivity contribution in [2.24, 2.45) is 0 Å². The summed E-state index contributed by atoms with van der Waals surface area (Å²) in [6.45, 7) is 0. The summed E-state index contributed by atoms with van der Waals surface area (Å²) >= 11 is 0. The second-order valence-corrected chi connectivity index (χ2v) is 4.00. The highest BCUT2D eigenvalue weighted by Crippen LogP contribution is 2.34. The quantitative estimate of drug-likeness (QED) is 0.658. The highest BCUT2D eigenvalue weighted by molar-refractivity contribution is 5.49. The molecule has 2 nitrogen and oxygen atoms in total. The first-order valence-corrected chi connectivity index (χ1v) is 5.36. The molecule has 2 rings (SSSR count). The van der Waals surface area contributed by atoms with Crippen LogP contribution in [0.3, 0.4) is 0 Å². The van der Waals surface area contributed by atoms with Crippen LogP contribution in [-0.2, 0) is 6.18 Å². The molecular weight excluding hydrogens is 281 g/mol.